The molecule has 0 saturated carbocycles. The second-order valence-electron chi connectivity index (χ2n) is 6.02. The number of rotatable bonds is 1. The smallest absolute Gasteiger partial charge is 0.262 e. The van der Waals surface area contributed by atoms with Crippen molar-refractivity contribution >= 4 is 23.2 Å². The molecule has 0 aliphatic carbocycles. The second-order valence-corrected chi connectivity index (χ2v) is 6.42. The van der Waals surface area contributed by atoms with Crippen molar-refractivity contribution in [3.8, 4) is 11.5 Å². The first-order chi connectivity index (χ1) is 10.9. The van der Waals surface area contributed by atoms with Crippen molar-refractivity contribution in [2.75, 3.05) is 4.90 Å². The van der Waals surface area contributed by atoms with E-state index in [0.717, 1.165) is 35.7 Å². The fourth-order valence-corrected chi connectivity index (χ4v) is 3.21. The zero-order valence-electron chi connectivity index (χ0n) is 13.0. The van der Waals surface area contributed by atoms with Gasteiger partial charge in [-0.25, -0.2) is 0 Å². The number of amides is 1. The van der Waals surface area contributed by atoms with Crippen LogP contribution in [0.25, 0.3) is 0 Å². The molecular weight excluding hydrogens is 314 g/mol. The van der Waals surface area contributed by atoms with E-state index in [1.165, 1.54) is 6.07 Å². The number of hydrogen-bond donors (Lipinski definition) is 2. The highest BCUT2D eigenvalue weighted by Crippen LogP contribution is 2.36. The van der Waals surface area contributed by atoms with E-state index in [2.05, 4.69) is 6.07 Å². The van der Waals surface area contributed by atoms with Crippen molar-refractivity contribution in [2.45, 2.75) is 32.7 Å². The number of hydrogen-bond acceptors (Lipinski definition) is 3. The van der Waals surface area contributed by atoms with E-state index in [1.54, 1.807) is 4.90 Å². The van der Waals surface area contributed by atoms with Crippen LogP contribution in [0.1, 0.15) is 34.8 Å². The van der Waals surface area contributed by atoms with Crippen molar-refractivity contribution < 1.29 is 15.0 Å². The Labute approximate surface area is 139 Å². The molecule has 2 N–H and O–H groups in total. The van der Waals surface area contributed by atoms with E-state index in [-0.39, 0.29) is 34.0 Å². The van der Waals surface area contributed by atoms with Gasteiger partial charge in [-0.1, -0.05) is 29.3 Å². The fraction of sp³-hybridized carbons (Fsp3) is 0.278. The van der Waals surface area contributed by atoms with E-state index < -0.39 is 0 Å². The quantitative estimate of drug-likeness (QED) is 0.829. The highest BCUT2D eigenvalue weighted by molar-refractivity contribution is 6.32. The summed E-state index contributed by atoms with van der Waals surface area (Å²) in [5.41, 5.74) is 3.23. The number of phenolic OH excluding ortho intramolecular Hbond substituents is 2. The maximum atomic E-state index is 13.0. The van der Waals surface area contributed by atoms with Crippen molar-refractivity contribution in [2.24, 2.45) is 0 Å². The van der Waals surface area contributed by atoms with Gasteiger partial charge < -0.3 is 15.1 Å². The fourth-order valence-electron chi connectivity index (χ4n) is 3.04. The summed E-state index contributed by atoms with van der Waals surface area (Å²) in [6.07, 6.45) is 1.78. The SMILES string of the molecule is Cc1ccc2c(c1)CCC(C)N2C(=O)c1cc(Cl)c(O)cc1O. The number of aromatic hydroxyl groups is 2. The van der Waals surface area contributed by atoms with Crippen LogP contribution in [0.5, 0.6) is 11.5 Å². The Hall–Kier alpha value is -2.20. The van der Waals surface area contributed by atoms with Gasteiger partial charge in [0, 0.05) is 17.8 Å². The second kappa shape index (κ2) is 5.78. The molecule has 4 nitrogen and oxygen atoms in total. The Kier molecular flexibility index (Phi) is 3.94. The van der Waals surface area contributed by atoms with Gasteiger partial charge in [-0.05, 0) is 44.4 Å². The molecule has 120 valence electrons. The maximum Gasteiger partial charge on any atom is 0.262 e. The molecule has 0 fully saturated rings. The number of carbonyl (C=O) groups excluding carboxylic acids is 1. The molecule has 0 bridgehead atoms. The molecule has 0 aromatic heterocycles. The van der Waals surface area contributed by atoms with Crippen LogP contribution >= 0.6 is 11.6 Å². The lowest BCUT2D eigenvalue weighted by Gasteiger charge is -2.35. The average Bonchev–Trinajstić information content (AvgIpc) is 2.50. The molecule has 1 aliphatic rings. The molecule has 1 unspecified atom stereocenters. The van der Waals surface area contributed by atoms with Crippen molar-refractivity contribution in [3.05, 3.63) is 52.0 Å². The van der Waals surface area contributed by atoms with E-state index in [4.69, 9.17) is 11.6 Å². The van der Waals surface area contributed by atoms with Crippen molar-refractivity contribution in [1.29, 1.82) is 0 Å². The zero-order valence-corrected chi connectivity index (χ0v) is 13.8. The number of carbonyl (C=O) groups is 1. The summed E-state index contributed by atoms with van der Waals surface area (Å²) < 4.78 is 0. The minimum absolute atomic E-state index is 0.0182. The number of nitrogens with zero attached hydrogens (tertiary/aromatic N) is 1. The van der Waals surface area contributed by atoms with Gasteiger partial charge in [0.15, 0.2) is 0 Å². The average molecular weight is 332 g/mol. The molecule has 1 atom stereocenters. The third-order valence-electron chi connectivity index (χ3n) is 4.28. The van der Waals surface area contributed by atoms with Crippen LogP contribution in [-0.2, 0) is 6.42 Å². The highest BCUT2D eigenvalue weighted by atomic mass is 35.5. The minimum Gasteiger partial charge on any atom is -0.507 e. The first-order valence-electron chi connectivity index (χ1n) is 7.53. The van der Waals surface area contributed by atoms with Crippen LogP contribution < -0.4 is 4.90 Å². The van der Waals surface area contributed by atoms with Gasteiger partial charge in [0.1, 0.15) is 11.5 Å². The van der Waals surface area contributed by atoms with Gasteiger partial charge in [-0.3, -0.25) is 4.79 Å². The third kappa shape index (κ3) is 2.75. The molecule has 0 spiro atoms. The molecule has 3 rings (SSSR count). The third-order valence-corrected chi connectivity index (χ3v) is 4.58. The summed E-state index contributed by atoms with van der Waals surface area (Å²) in [6, 6.07) is 8.43. The number of benzene rings is 2. The Morgan fingerprint density at radius 2 is 1.96 bits per heavy atom. The first kappa shape index (κ1) is 15.7. The maximum absolute atomic E-state index is 13.0. The summed E-state index contributed by atoms with van der Waals surface area (Å²) in [5.74, 6) is -0.839. The van der Waals surface area contributed by atoms with E-state index >= 15 is 0 Å². The van der Waals surface area contributed by atoms with Crippen LogP contribution in [0.3, 0.4) is 0 Å². The normalized spacial score (nSPS) is 17.0. The topological polar surface area (TPSA) is 60.8 Å². The van der Waals surface area contributed by atoms with E-state index in [0.29, 0.717) is 0 Å². The Bertz CT molecular complexity index is 788. The van der Waals surface area contributed by atoms with Crippen LogP contribution in [0, 0.1) is 6.92 Å². The number of halogens is 1. The molecule has 2 aromatic carbocycles. The lowest BCUT2D eigenvalue weighted by molar-refractivity contribution is 0.0972. The summed E-state index contributed by atoms with van der Waals surface area (Å²) in [6.45, 7) is 4.01. The Morgan fingerprint density at radius 3 is 2.70 bits per heavy atom. The van der Waals surface area contributed by atoms with Gasteiger partial charge in [-0.2, -0.15) is 0 Å². The molecule has 2 aromatic rings. The lowest BCUT2D eigenvalue weighted by Crippen LogP contribution is -2.42. The molecule has 0 radical (unpaired) electrons. The van der Waals surface area contributed by atoms with Crippen molar-refractivity contribution in [3.63, 3.8) is 0 Å². The minimum atomic E-state index is -0.318. The van der Waals surface area contributed by atoms with E-state index in [9.17, 15) is 15.0 Å². The molecule has 1 amide bonds. The van der Waals surface area contributed by atoms with Gasteiger partial charge in [0.25, 0.3) is 5.91 Å². The number of fused-ring (bicyclic) bond motifs is 1. The van der Waals surface area contributed by atoms with Gasteiger partial charge in [-0.15, -0.1) is 0 Å². The predicted molar refractivity (Wildman–Crippen MR) is 90.6 cm³/mol. The monoisotopic (exact) mass is 331 g/mol. The van der Waals surface area contributed by atoms with Crippen LogP contribution in [0.4, 0.5) is 5.69 Å². The number of anilines is 1. The van der Waals surface area contributed by atoms with Gasteiger partial charge in [0.05, 0.1) is 10.6 Å². The number of phenols is 2. The predicted octanol–water partition coefficient (Wildman–Crippen LogP) is 4.04. The lowest BCUT2D eigenvalue weighted by atomic mass is 9.94. The molecular formula is C18H18ClNO3. The molecule has 1 heterocycles. The molecule has 1 aliphatic heterocycles. The first-order valence-corrected chi connectivity index (χ1v) is 7.91. The zero-order chi connectivity index (χ0) is 16.7. The summed E-state index contributed by atoms with van der Waals surface area (Å²) in [4.78, 5) is 14.7. The number of aryl methyl sites for hydroxylation is 2. The van der Waals surface area contributed by atoms with E-state index in [1.807, 2.05) is 26.0 Å². The Morgan fingerprint density at radius 1 is 1.22 bits per heavy atom. The van der Waals surface area contributed by atoms with Crippen LogP contribution in [0.15, 0.2) is 30.3 Å². The van der Waals surface area contributed by atoms with Gasteiger partial charge in [0.2, 0.25) is 0 Å². The summed E-state index contributed by atoms with van der Waals surface area (Å²) >= 11 is 5.89. The van der Waals surface area contributed by atoms with Crippen LogP contribution in [-0.4, -0.2) is 22.2 Å². The standard InChI is InChI=1S/C18H18ClNO3/c1-10-3-6-15-12(7-10)5-4-11(2)20(15)18(23)13-8-14(19)17(22)9-16(13)21/h3,6-9,11,21-22H,4-5H2,1-2H3. The highest BCUT2D eigenvalue weighted by Gasteiger charge is 2.30. The van der Waals surface area contributed by atoms with Crippen LogP contribution in [0.2, 0.25) is 5.02 Å². The van der Waals surface area contributed by atoms with Crippen molar-refractivity contribution in [1.82, 2.24) is 0 Å². The largest absolute Gasteiger partial charge is 0.507 e. The molecule has 23 heavy (non-hydrogen) atoms. The van der Waals surface area contributed by atoms with Gasteiger partial charge >= 0.3 is 0 Å². The molecule has 0 saturated heterocycles. The summed E-state index contributed by atoms with van der Waals surface area (Å²) in [7, 11) is 0. The molecule has 5 heteroatoms. The summed E-state index contributed by atoms with van der Waals surface area (Å²) in [5, 5.41) is 19.6. The Balaban J connectivity index is 2.08.